The molecule has 29 heavy (non-hydrogen) atoms. The molecule has 7 heteroatoms. The number of guanidine groups is 1. The molecule has 1 aromatic rings. The van der Waals surface area contributed by atoms with Gasteiger partial charge in [-0.15, -0.1) is 24.0 Å². The van der Waals surface area contributed by atoms with E-state index in [1.807, 2.05) is 31.2 Å². The first-order chi connectivity index (χ1) is 13.6. The van der Waals surface area contributed by atoms with Crippen molar-refractivity contribution in [3.05, 3.63) is 29.8 Å². The van der Waals surface area contributed by atoms with Gasteiger partial charge in [-0.2, -0.15) is 0 Å². The van der Waals surface area contributed by atoms with Crippen molar-refractivity contribution in [1.82, 2.24) is 16.0 Å². The van der Waals surface area contributed by atoms with E-state index in [0.717, 1.165) is 24.0 Å². The molecule has 1 saturated carbocycles. The van der Waals surface area contributed by atoms with Gasteiger partial charge in [-0.3, -0.25) is 4.79 Å². The van der Waals surface area contributed by atoms with Gasteiger partial charge in [0.2, 0.25) is 0 Å². The number of carbonyl (C=O) groups is 1. The molecule has 3 N–H and O–H groups in total. The summed E-state index contributed by atoms with van der Waals surface area (Å²) in [5, 5.41) is 9.67. The first-order valence-corrected chi connectivity index (χ1v) is 10.7. The van der Waals surface area contributed by atoms with Gasteiger partial charge in [0.1, 0.15) is 5.75 Å². The molecule has 1 aliphatic carbocycles. The van der Waals surface area contributed by atoms with Crippen LogP contribution in [-0.2, 0) is 11.3 Å². The van der Waals surface area contributed by atoms with Crippen LogP contribution in [-0.4, -0.2) is 37.6 Å². The predicted octanol–water partition coefficient (Wildman–Crippen LogP) is 3.84. The van der Waals surface area contributed by atoms with Gasteiger partial charge in [0.15, 0.2) is 12.6 Å². The molecule has 1 aromatic carbocycles. The van der Waals surface area contributed by atoms with Crippen molar-refractivity contribution in [1.29, 1.82) is 0 Å². The van der Waals surface area contributed by atoms with Gasteiger partial charge < -0.3 is 20.7 Å². The number of nitrogens with one attached hydrogen (secondary N) is 3. The number of likely N-dealkylation sites (N-methyl/N-ethyl adjacent to an activating group) is 1. The third kappa shape index (κ3) is 9.69. The highest BCUT2D eigenvalue weighted by Gasteiger charge is 2.20. The smallest absolute Gasteiger partial charge is 0.257 e. The molecular weight excluding hydrogens is 479 g/mol. The van der Waals surface area contributed by atoms with E-state index < -0.39 is 0 Å². The van der Waals surface area contributed by atoms with E-state index in [2.05, 4.69) is 29.8 Å². The maximum absolute atomic E-state index is 11.5. The van der Waals surface area contributed by atoms with Crippen molar-refractivity contribution in [2.24, 2.45) is 10.9 Å². The minimum atomic E-state index is -0.109. The van der Waals surface area contributed by atoms with Crippen LogP contribution in [0.2, 0.25) is 0 Å². The van der Waals surface area contributed by atoms with Gasteiger partial charge in [0.05, 0.1) is 6.54 Å². The summed E-state index contributed by atoms with van der Waals surface area (Å²) in [7, 11) is 0. The normalized spacial score (nSPS) is 19.1. The number of carbonyl (C=O) groups excluding carboxylic acids is 1. The highest BCUT2D eigenvalue weighted by atomic mass is 127. The molecule has 0 saturated heterocycles. The van der Waals surface area contributed by atoms with Crippen molar-refractivity contribution < 1.29 is 9.53 Å². The predicted molar refractivity (Wildman–Crippen MR) is 130 cm³/mol. The number of aliphatic imine (C=N–C) groups is 1. The molecule has 0 aliphatic heterocycles. The van der Waals surface area contributed by atoms with Crippen LogP contribution < -0.4 is 20.7 Å². The Hall–Kier alpha value is -1.51. The summed E-state index contributed by atoms with van der Waals surface area (Å²) < 4.78 is 5.57. The third-order valence-corrected chi connectivity index (χ3v) is 5.17. The number of halogens is 1. The number of hydrogen-bond acceptors (Lipinski definition) is 3. The summed E-state index contributed by atoms with van der Waals surface area (Å²) in [4.78, 5) is 16.3. The minimum absolute atomic E-state index is 0. The fourth-order valence-electron chi connectivity index (χ4n) is 3.53. The van der Waals surface area contributed by atoms with Crippen LogP contribution in [0.5, 0.6) is 5.75 Å². The van der Waals surface area contributed by atoms with E-state index >= 15 is 0 Å². The summed E-state index contributed by atoms with van der Waals surface area (Å²) in [6.07, 6.45) is 6.33. The molecule has 0 spiro atoms. The Bertz CT molecular complexity index is 631. The lowest BCUT2D eigenvalue weighted by molar-refractivity contribution is -0.122. The number of ether oxygens (including phenoxy) is 1. The lowest BCUT2D eigenvalue weighted by atomic mass is 9.84. The second-order valence-electron chi connectivity index (χ2n) is 7.35. The molecule has 164 valence electrons. The van der Waals surface area contributed by atoms with E-state index in [0.29, 0.717) is 24.9 Å². The summed E-state index contributed by atoms with van der Waals surface area (Å²) in [6, 6.07) is 8.27. The standard InChI is InChI=1S/C22H36N4O2.HI/c1-4-17-10-12-19(13-11-17)26-22(24-6-3)25-15-18-8-7-9-20(14-18)28-16-21(27)23-5-2;/h7-9,14,17,19H,4-6,10-13,15-16H2,1-3H3,(H,23,27)(H2,24,25,26);1H. The number of hydrogen-bond donors (Lipinski definition) is 3. The minimum Gasteiger partial charge on any atom is -0.484 e. The van der Waals surface area contributed by atoms with E-state index in [-0.39, 0.29) is 36.5 Å². The van der Waals surface area contributed by atoms with Crippen LogP contribution in [0.15, 0.2) is 29.3 Å². The molecule has 0 bridgehead atoms. The lowest BCUT2D eigenvalue weighted by Crippen LogP contribution is -2.44. The quantitative estimate of drug-likeness (QED) is 0.265. The molecule has 0 unspecified atom stereocenters. The average Bonchev–Trinajstić information content (AvgIpc) is 2.72. The Labute approximate surface area is 192 Å². The maximum Gasteiger partial charge on any atom is 0.257 e. The second-order valence-corrected chi connectivity index (χ2v) is 7.35. The monoisotopic (exact) mass is 516 g/mol. The molecule has 0 heterocycles. The molecule has 2 rings (SSSR count). The van der Waals surface area contributed by atoms with Crippen molar-refractivity contribution in [2.45, 2.75) is 65.5 Å². The zero-order valence-corrected chi connectivity index (χ0v) is 20.3. The molecule has 0 atom stereocenters. The molecule has 0 radical (unpaired) electrons. The topological polar surface area (TPSA) is 74.8 Å². The fourth-order valence-corrected chi connectivity index (χ4v) is 3.53. The molecule has 6 nitrogen and oxygen atoms in total. The third-order valence-electron chi connectivity index (χ3n) is 5.17. The first kappa shape index (κ1) is 25.5. The van der Waals surface area contributed by atoms with E-state index in [9.17, 15) is 4.79 Å². The summed E-state index contributed by atoms with van der Waals surface area (Å²) in [6.45, 7) is 8.31. The van der Waals surface area contributed by atoms with Gasteiger partial charge in [0.25, 0.3) is 5.91 Å². The number of nitrogens with zero attached hydrogens (tertiary/aromatic N) is 1. The largest absolute Gasteiger partial charge is 0.484 e. The lowest BCUT2D eigenvalue weighted by Gasteiger charge is -2.29. The van der Waals surface area contributed by atoms with Gasteiger partial charge in [-0.25, -0.2) is 4.99 Å². The SMILES string of the molecule is CCNC(=O)COc1cccc(CN=C(NCC)NC2CCC(CC)CC2)c1.I. The molecular formula is C22H37IN4O2. The number of rotatable bonds is 9. The summed E-state index contributed by atoms with van der Waals surface area (Å²) in [5.74, 6) is 2.34. The Kier molecular flexibility index (Phi) is 12.7. The highest BCUT2D eigenvalue weighted by molar-refractivity contribution is 14.0. The van der Waals surface area contributed by atoms with Gasteiger partial charge in [-0.05, 0) is 63.1 Å². The number of benzene rings is 1. The second kappa shape index (κ2) is 14.5. The highest BCUT2D eigenvalue weighted by Crippen LogP contribution is 2.26. The fraction of sp³-hybridized carbons (Fsp3) is 0.636. The van der Waals surface area contributed by atoms with Crippen LogP contribution in [0, 0.1) is 5.92 Å². The zero-order chi connectivity index (χ0) is 20.2. The van der Waals surface area contributed by atoms with E-state index in [1.54, 1.807) is 0 Å². The van der Waals surface area contributed by atoms with E-state index in [4.69, 9.17) is 9.73 Å². The Balaban J connectivity index is 0.00000420. The van der Waals surface area contributed by atoms with E-state index in [1.165, 1.54) is 32.1 Å². The zero-order valence-electron chi connectivity index (χ0n) is 18.0. The Morgan fingerprint density at radius 2 is 1.83 bits per heavy atom. The van der Waals surface area contributed by atoms with Crippen LogP contribution in [0.25, 0.3) is 0 Å². The van der Waals surface area contributed by atoms with Crippen molar-refractivity contribution in [3.63, 3.8) is 0 Å². The van der Waals surface area contributed by atoms with Crippen LogP contribution >= 0.6 is 24.0 Å². The van der Waals surface area contributed by atoms with Crippen molar-refractivity contribution in [3.8, 4) is 5.75 Å². The molecule has 1 aliphatic rings. The Morgan fingerprint density at radius 1 is 1.10 bits per heavy atom. The van der Waals surface area contributed by atoms with Gasteiger partial charge >= 0.3 is 0 Å². The van der Waals surface area contributed by atoms with Gasteiger partial charge in [0, 0.05) is 19.1 Å². The maximum atomic E-state index is 11.5. The summed E-state index contributed by atoms with van der Waals surface area (Å²) >= 11 is 0. The summed E-state index contributed by atoms with van der Waals surface area (Å²) in [5.41, 5.74) is 1.06. The van der Waals surface area contributed by atoms with Crippen LogP contribution in [0.4, 0.5) is 0 Å². The van der Waals surface area contributed by atoms with Crippen LogP contribution in [0.3, 0.4) is 0 Å². The average molecular weight is 516 g/mol. The van der Waals surface area contributed by atoms with Crippen LogP contribution in [0.1, 0.15) is 58.4 Å². The van der Waals surface area contributed by atoms with Crippen molar-refractivity contribution in [2.75, 3.05) is 19.7 Å². The molecule has 1 amide bonds. The molecule has 0 aromatic heterocycles. The molecule has 1 fully saturated rings. The number of amides is 1. The Morgan fingerprint density at radius 3 is 2.48 bits per heavy atom. The van der Waals surface area contributed by atoms with Gasteiger partial charge in [-0.1, -0.05) is 25.5 Å². The van der Waals surface area contributed by atoms with Crippen molar-refractivity contribution >= 4 is 35.8 Å². The first-order valence-electron chi connectivity index (χ1n) is 10.7.